The number of amides is 1. The van der Waals surface area contributed by atoms with Crippen molar-refractivity contribution in [3.8, 4) is 0 Å². The predicted molar refractivity (Wildman–Crippen MR) is 94.0 cm³/mol. The average Bonchev–Trinajstić information content (AvgIpc) is 2.64. The van der Waals surface area contributed by atoms with Crippen LogP contribution in [0.25, 0.3) is 0 Å². The van der Waals surface area contributed by atoms with E-state index in [1.54, 1.807) is 29.2 Å². The summed E-state index contributed by atoms with van der Waals surface area (Å²) in [5, 5.41) is 11.2. The first-order valence-electron chi connectivity index (χ1n) is 8.42. The van der Waals surface area contributed by atoms with Crippen LogP contribution in [0.4, 0.5) is 10.2 Å². The number of piperazine rings is 1. The lowest BCUT2D eigenvalue weighted by atomic mass is 10.1. The van der Waals surface area contributed by atoms with Gasteiger partial charge in [0, 0.05) is 32.7 Å². The second kappa shape index (κ2) is 8.02. The van der Waals surface area contributed by atoms with Gasteiger partial charge in [-0.15, -0.1) is 10.2 Å². The molecule has 1 saturated heterocycles. The quantitative estimate of drug-likeness (QED) is 0.895. The summed E-state index contributed by atoms with van der Waals surface area (Å²) in [6.07, 6.45) is 0.552. The maximum Gasteiger partial charge on any atom is 0.274 e. The van der Waals surface area contributed by atoms with E-state index in [-0.39, 0.29) is 11.7 Å². The molecule has 6 nitrogen and oxygen atoms in total. The third kappa shape index (κ3) is 4.51. The van der Waals surface area contributed by atoms with Crippen LogP contribution in [0.15, 0.2) is 36.4 Å². The Labute approximate surface area is 146 Å². The highest BCUT2D eigenvalue weighted by Crippen LogP contribution is 2.10. The Morgan fingerprint density at radius 1 is 1.12 bits per heavy atom. The standard InChI is InChI=1S/C18H22FN5O/c1-23-10-12-24(13-11-23)18(25)16-6-7-17(22-21-16)20-9-8-14-4-2-3-5-15(14)19/h2-7H,8-13H2,1H3,(H,20,22). The first-order chi connectivity index (χ1) is 12.1. The molecule has 0 atom stereocenters. The Hall–Kier alpha value is -2.54. The third-order valence-electron chi connectivity index (χ3n) is 4.33. The van der Waals surface area contributed by atoms with Crippen molar-refractivity contribution >= 4 is 11.7 Å². The first-order valence-corrected chi connectivity index (χ1v) is 8.42. The summed E-state index contributed by atoms with van der Waals surface area (Å²) >= 11 is 0. The van der Waals surface area contributed by atoms with Crippen LogP contribution in [0.3, 0.4) is 0 Å². The highest BCUT2D eigenvalue weighted by atomic mass is 19.1. The molecule has 0 radical (unpaired) electrons. The van der Waals surface area contributed by atoms with E-state index in [0.717, 1.165) is 13.1 Å². The molecule has 0 unspecified atom stereocenters. The molecule has 0 bridgehead atoms. The van der Waals surface area contributed by atoms with E-state index < -0.39 is 0 Å². The Bertz CT molecular complexity index is 714. The van der Waals surface area contributed by atoms with Crippen LogP contribution in [0.1, 0.15) is 16.1 Å². The van der Waals surface area contributed by atoms with Crippen LogP contribution in [-0.2, 0) is 6.42 Å². The maximum atomic E-state index is 13.6. The summed E-state index contributed by atoms with van der Waals surface area (Å²) in [7, 11) is 2.05. The maximum absolute atomic E-state index is 13.6. The van der Waals surface area contributed by atoms with Gasteiger partial charge in [-0.25, -0.2) is 4.39 Å². The van der Waals surface area contributed by atoms with Gasteiger partial charge in [-0.3, -0.25) is 4.79 Å². The Kier molecular flexibility index (Phi) is 5.55. The van der Waals surface area contributed by atoms with Gasteiger partial charge in [-0.2, -0.15) is 0 Å². The van der Waals surface area contributed by atoms with Crippen molar-refractivity contribution in [1.29, 1.82) is 0 Å². The number of hydrogen-bond acceptors (Lipinski definition) is 5. The number of benzene rings is 1. The van der Waals surface area contributed by atoms with E-state index >= 15 is 0 Å². The highest BCUT2D eigenvalue weighted by Gasteiger charge is 2.21. The summed E-state index contributed by atoms with van der Waals surface area (Å²) in [6.45, 7) is 3.70. The van der Waals surface area contributed by atoms with E-state index in [0.29, 0.717) is 43.1 Å². The Morgan fingerprint density at radius 2 is 1.88 bits per heavy atom. The minimum absolute atomic E-state index is 0.0847. The molecule has 0 saturated carbocycles. The fraction of sp³-hybridized carbons (Fsp3) is 0.389. The average molecular weight is 343 g/mol. The monoisotopic (exact) mass is 343 g/mol. The number of likely N-dealkylation sites (N-methyl/N-ethyl adjacent to an activating group) is 1. The second-order valence-corrected chi connectivity index (χ2v) is 6.17. The third-order valence-corrected chi connectivity index (χ3v) is 4.33. The normalized spacial score (nSPS) is 15.2. The second-order valence-electron chi connectivity index (χ2n) is 6.17. The zero-order valence-electron chi connectivity index (χ0n) is 14.3. The molecule has 1 fully saturated rings. The molecule has 0 spiro atoms. The van der Waals surface area contributed by atoms with Gasteiger partial charge in [0.15, 0.2) is 5.69 Å². The zero-order valence-corrected chi connectivity index (χ0v) is 14.3. The Morgan fingerprint density at radius 3 is 2.56 bits per heavy atom. The summed E-state index contributed by atoms with van der Waals surface area (Å²) < 4.78 is 13.6. The number of halogens is 1. The van der Waals surface area contributed by atoms with Gasteiger partial charge in [0.2, 0.25) is 0 Å². The molecule has 132 valence electrons. The van der Waals surface area contributed by atoms with Gasteiger partial charge in [0.25, 0.3) is 5.91 Å². The number of nitrogens with one attached hydrogen (secondary N) is 1. The summed E-state index contributed by atoms with van der Waals surface area (Å²) in [5.74, 6) is 0.285. The molecule has 1 aliphatic rings. The summed E-state index contributed by atoms with van der Waals surface area (Å²) in [5.41, 5.74) is 1.01. The smallest absolute Gasteiger partial charge is 0.274 e. The Balaban J connectivity index is 1.52. The summed E-state index contributed by atoms with van der Waals surface area (Å²) in [6, 6.07) is 10.1. The molecular formula is C18H22FN5O. The minimum Gasteiger partial charge on any atom is -0.368 e. The SMILES string of the molecule is CN1CCN(C(=O)c2ccc(NCCc3ccccc3F)nn2)CC1. The first kappa shape index (κ1) is 17.3. The molecule has 2 heterocycles. The number of aromatic nitrogens is 2. The van der Waals surface area contributed by atoms with Crippen molar-refractivity contribution in [2.45, 2.75) is 6.42 Å². The molecule has 1 aromatic carbocycles. The fourth-order valence-corrected chi connectivity index (χ4v) is 2.74. The van der Waals surface area contributed by atoms with Crippen molar-refractivity contribution in [1.82, 2.24) is 20.0 Å². The van der Waals surface area contributed by atoms with Crippen LogP contribution in [0.2, 0.25) is 0 Å². The van der Waals surface area contributed by atoms with Gasteiger partial charge < -0.3 is 15.1 Å². The van der Waals surface area contributed by atoms with Gasteiger partial charge in [-0.1, -0.05) is 18.2 Å². The van der Waals surface area contributed by atoms with Crippen molar-refractivity contribution in [3.05, 3.63) is 53.5 Å². The van der Waals surface area contributed by atoms with Crippen molar-refractivity contribution in [2.24, 2.45) is 0 Å². The molecule has 1 aliphatic heterocycles. The van der Waals surface area contributed by atoms with E-state index in [1.165, 1.54) is 6.07 Å². The van der Waals surface area contributed by atoms with E-state index in [4.69, 9.17) is 0 Å². The fourth-order valence-electron chi connectivity index (χ4n) is 2.74. The van der Waals surface area contributed by atoms with E-state index in [9.17, 15) is 9.18 Å². The summed E-state index contributed by atoms with van der Waals surface area (Å²) in [4.78, 5) is 16.4. The molecule has 1 aromatic heterocycles. The van der Waals surface area contributed by atoms with Gasteiger partial charge in [0.05, 0.1) is 0 Å². The number of anilines is 1. The number of hydrogen-bond donors (Lipinski definition) is 1. The van der Waals surface area contributed by atoms with Crippen LogP contribution in [-0.4, -0.2) is 65.7 Å². The topological polar surface area (TPSA) is 61.4 Å². The molecule has 1 amide bonds. The lowest BCUT2D eigenvalue weighted by molar-refractivity contribution is 0.0657. The van der Waals surface area contributed by atoms with E-state index in [1.807, 2.05) is 13.1 Å². The number of nitrogens with zero attached hydrogens (tertiary/aromatic N) is 4. The lowest BCUT2D eigenvalue weighted by Gasteiger charge is -2.32. The van der Waals surface area contributed by atoms with Gasteiger partial charge in [0.1, 0.15) is 11.6 Å². The minimum atomic E-state index is -0.205. The van der Waals surface area contributed by atoms with Crippen LogP contribution >= 0.6 is 0 Å². The van der Waals surface area contributed by atoms with Crippen molar-refractivity contribution < 1.29 is 9.18 Å². The number of carbonyl (C=O) groups is 1. The van der Waals surface area contributed by atoms with E-state index in [2.05, 4.69) is 20.4 Å². The zero-order chi connectivity index (χ0) is 17.6. The molecule has 0 aliphatic carbocycles. The molecule has 7 heteroatoms. The van der Waals surface area contributed by atoms with Crippen LogP contribution in [0, 0.1) is 5.82 Å². The lowest BCUT2D eigenvalue weighted by Crippen LogP contribution is -2.47. The number of rotatable bonds is 5. The molecule has 2 aromatic rings. The predicted octanol–water partition coefficient (Wildman–Crippen LogP) is 1.66. The molecule has 25 heavy (non-hydrogen) atoms. The van der Waals surface area contributed by atoms with Crippen molar-refractivity contribution in [2.75, 3.05) is 45.1 Å². The van der Waals surface area contributed by atoms with Crippen LogP contribution in [0.5, 0.6) is 0 Å². The van der Waals surface area contributed by atoms with Gasteiger partial charge >= 0.3 is 0 Å². The highest BCUT2D eigenvalue weighted by molar-refractivity contribution is 5.92. The molecular weight excluding hydrogens is 321 g/mol. The largest absolute Gasteiger partial charge is 0.368 e. The molecule has 3 rings (SSSR count). The van der Waals surface area contributed by atoms with Gasteiger partial charge in [-0.05, 0) is 37.2 Å². The molecule has 1 N–H and O–H groups in total. The number of carbonyl (C=O) groups excluding carboxylic acids is 1. The van der Waals surface area contributed by atoms with Crippen molar-refractivity contribution in [3.63, 3.8) is 0 Å². The van der Waals surface area contributed by atoms with Crippen LogP contribution < -0.4 is 5.32 Å².